The summed E-state index contributed by atoms with van der Waals surface area (Å²) in [6, 6.07) is 0. The summed E-state index contributed by atoms with van der Waals surface area (Å²) >= 11 is 0. The van der Waals surface area contributed by atoms with Gasteiger partial charge >= 0.3 is 0 Å². The van der Waals surface area contributed by atoms with Gasteiger partial charge < -0.3 is 15.3 Å². The van der Waals surface area contributed by atoms with Gasteiger partial charge in [0.15, 0.2) is 0 Å². The molecule has 0 aromatic heterocycles. The summed E-state index contributed by atoms with van der Waals surface area (Å²) in [5.74, 6) is 0.688. The van der Waals surface area contributed by atoms with Crippen molar-refractivity contribution in [1.82, 2.24) is 10.2 Å². The van der Waals surface area contributed by atoms with Gasteiger partial charge in [-0.1, -0.05) is 0 Å². The second-order valence-corrected chi connectivity index (χ2v) is 4.03. The molecule has 1 rings (SSSR count). The molecule has 1 atom stereocenters. The van der Waals surface area contributed by atoms with E-state index in [0.29, 0.717) is 0 Å². The van der Waals surface area contributed by atoms with Crippen molar-refractivity contribution in [3.63, 3.8) is 0 Å². The van der Waals surface area contributed by atoms with Gasteiger partial charge in [-0.2, -0.15) is 0 Å². The van der Waals surface area contributed by atoms with Crippen LogP contribution in [0, 0.1) is 5.92 Å². The van der Waals surface area contributed by atoms with Gasteiger partial charge in [-0.3, -0.25) is 4.79 Å². The molecule has 0 aromatic carbocycles. The van der Waals surface area contributed by atoms with Gasteiger partial charge in [-0.25, -0.2) is 0 Å². The van der Waals surface area contributed by atoms with E-state index in [-0.39, 0.29) is 18.9 Å². The monoisotopic (exact) mass is 200 g/mol. The Morgan fingerprint density at radius 1 is 1.64 bits per heavy atom. The van der Waals surface area contributed by atoms with E-state index in [1.807, 2.05) is 0 Å². The van der Waals surface area contributed by atoms with Crippen molar-refractivity contribution in [2.45, 2.75) is 19.3 Å². The zero-order valence-corrected chi connectivity index (χ0v) is 8.83. The van der Waals surface area contributed by atoms with Crippen LogP contribution in [-0.4, -0.2) is 49.2 Å². The number of carbonyl (C=O) groups is 1. The highest BCUT2D eigenvalue weighted by Gasteiger charge is 2.18. The molecular weight excluding hydrogens is 180 g/mol. The fourth-order valence-corrected chi connectivity index (χ4v) is 1.87. The minimum Gasteiger partial charge on any atom is -0.396 e. The van der Waals surface area contributed by atoms with Crippen LogP contribution >= 0.6 is 0 Å². The van der Waals surface area contributed by atoms with Gasteiger partial charge in [0.25, 0.3) is 0 Å². The lowest BCUT2D eigenvalue weighted by molar-refractivity contribution is -0.121. The number of rotatable bonds is 5. The Hall–Kier alpha value is -0.610. The largest absolute Gasteiger partial charge is 0.396 e. The molecule has 0 saturated carbocycles. The maximum Gasteiger partial charge on any atom is 0.222 e. The first kappa shape index (κ1) is 11.5. The van der Waals surface area contributed by atoms with Crippen LogP contribution in [0.2, 0.25) is 0 Å². The van der Waals surface area contributed by atoms with Crippen LogP contribution in [-0.2, 0) is 4.79 Å². The Morgan fingerprint density at radius 3 is 3.00 bits per heavy atom. The van der Waals surface area contributed by atoms with Crippen LogP contribution in [0.25, 0.3) is 0 Å². The number of carbonyl (C=O) groups excluding carboxylic acids is 1. The number of hydrogen-bond donors (Lipinski definition) is 2. The standard InChI is InChI=1S/C10H20N2O2/c1-12-6-3-9(8-12)2-5-11-10(14)4-7-13/h9,13H,2-8H2,1H3,(H,11,14). The van der Waals surface area contributed by atoms with Crippen LogP contribution < -0.4 is 5.32 Å². The van der Waals surface area contributed by atoms with Crippen molar-refractivity contribution < 1.29 is 9.90 Å². The van der Waals surface area contributed by atoms with Crippen molar-refractivity contribution in [3.8, 4) is 0 Å². The van der Waals surface area contributed by atoms with Crippen LogP contribution in [0.4, 0.5) is 0 Å². The molecule has 82 valence electrons. The fraction of sp³-hybridized carbons (Fsp3) is 0.900. The first-order valence-corrected chi connectivity index (χ1v) is 5.28. The molecule has 0 aliphatic carbocycles. The zero-order valence-electron chi connectivity index (χ0n) is 8.83. The first-order valence-electron chi connectivity index (χ1n) is 5.28. The summed E-state index contributed by atoms with van der Waals surface area (Å²) in [5.41, 5.74) is 0. The maximum absolute atomic E-state index is 11.0. The fourth-order valence-electron chi connectivity index (χ4n) is 1.87. The first-order chi connectivity index (χ1) is 6.72. The van der Waals surface area contributed by atoms with Gasteiger partial charge in [0.2, 0.25) is 5.91 Å². The van der Waals surface area contributed by atoms with E-state index < -0.39 is 0 Å². The van der Waals surface area contributed by atoms with E-state index in [9.17, 15) is 4.79 Å². The Kier molecular flexibility index (Phi) is 4.90. The highest BCUT2D eigenvalue weighted by molar-refractivity contribution is 5.75. The third kappa shape index (κ3) is 4.07. The van der Waals surface area contributed by atoms with Gasteiger partial charge in [-0.05, 0) is 32.4 Å². The summed E-state index contributed by atoms with van der Waals surface area (Å²) < 4.78 is 0. The van der Waals surface area contributed by atoms with Crippen molar-refractivity contribution in [3.05, 3.63) is 0 Å². The summed E-state index contributed by atoms with van der Waals surface area (Å²) in [5, 5.41) is 11.3. The quantitative estimate of drug-likeness (QED) is 0.647. The predicted molar refractivity (Wildman–Crippen MR) is 54.9 cm³/mol. The highest BCUT2D eigenvalue weighted by Crippen LogP contribution is 2.16. The van der Waals surface area contributed by atoms with Gasteiger partial charge in [0, 0.05) is 19.5 Å². The number of hydrogen-bond acceptors (Lipinski definition) is 3. The lowest BCUT2D eigenvalue weighted by atomic mass is 10.1. The average Bonchev–Trinajstić information content (AvgIpc) is 2.52. The van der Waals surface area contributed by atoms with Gasteiger partial charge in [0.05, 0.1) is 6.61 Å². The number of nitrogens with one attached hydrogen (secondary N) is 1. The van der Waals surface area contributed by atoms with Crippen LogP contribution in [0.3, 0.4) is 0 Å². The molecule has 1 unspecified atom stereocenters. The van der Waals surface area contributed by atoms with E-state index in [1.165, 1.54) is 13.0 Å². The van der Waals surface area contributed by atoms with Crippen molar-refractivity contribution in [1.29, 1.82) is 0 Å². The molecule has 2 N–H and O–H groups in total. The number of likely N-dealkylation sites (tertiary alicyclic amines) is 1. The summed E-state index contributed by atoms with van der Waals surface area (Å²) in [6.07, 6.45) is 2.53. The molecule has 0 bridgehead atoms. The highest BCUT2D eigenvalue weighted by atomic mass is 16.3. The molecule has 0 radical (unpaired) electrons. The van der Waals surface area contributed by atoms with Crippen molar-refractivity contribution >= 4 is 5.91 Å². The van der Waals surface area contributed by atoms with Crippen LogP contribution in [0.15, 0.2) is 0 Å². The molecule has 4 heteroatoms. The molecule has 1 amide bonds. The second kappa shape index (κ2) is 5.98. The molecule has 1 heterocycles. The number of aliphatic hydroxyl groups is 1. The number of aliphatic hydroxyl groups excluding tert-OH is 1. The molecule has 1 saturated heterocycles. The third-order valence-corrected chi connectivity index (χ3v) is 2.70. The van der Waals surface area contributed by atoms with Gasteiger partial charge in [-0.15, -0.1) is 0 Å². The lowest BCUT2D eigenvalue weighted by Gasteiger charge is -2.10. The van der Waals surface area contributed by atoms with E-state index >= 15 is 0 Å². The summed E-state index contributed by atoms with van der Waals surface area (Å²) in [6.45, 7) is 3.01. The number of amides is 1. The minimum absolute atomic E-state index is 0.0427. The zero-order chi connectivity index (χ0) is 10.4. The molecule has 1 aliphatic heterocycles. The topological polar surface area (TPSA) is 52.6 Å². The second-order valence-electron chi connectivity index (χ2n) is 4.03. The predicted octanol–water partition coefficient (Wildman–Crippen LogP) is -0.173. The Bertz CT molecular complexity index is 185. The number of nitrogens with zero attached hydrogens (tertiary/aromatic N) is 1. The molecular formula is C10H20N2O2. The Balaban J connectivity index is 2.01. The molecule has 0 spiro atoms. The van der Waals surface area contributed by atoms with E-state index in [4.69, 9.17) is 5.11 Å². The van der Waals surface area contributed by atoms with E-state index in [0.717, 1.165) is 25.4 Å². The normalized spacial score (nSPS) is 22.6. The average molecular weight is 200 g/mol. The lowest BCUT2D eigenvalue weighted by Crippen LogP contribution is -2.27. The third-order valence-electron chi connectivity index (χ3n) is 2.70. The summed E-state index contributed by atoms with van der Waals surface area (Å²) in [7, 11) is 2.13. The smallest absolute Gasteiger partial charge is 0.222 e. The van der Waals surface area contributed by atoms with Crippen LogP contribution in [0.1, 0.15) is 19.3 Å². The van der Waals surface area contributed by atoms with Crippen molar-refractivity contribution in [2.24, 2.45) is 5.92 Å². The molecule has 4 nitrogen and oxygen atoms in total. The molecule has 1 aliphatic rings. The molecule has 1 fully saturated rings. The minimum atomic E-state index is -0.0575. The van der Waals surface area contributed by atoms with E-state index in [2.05, 4.69) is 17.3 Å². The molecule has 14 heavy (non-hydrogen) atoms. The van der Waals surface area contributed by atoms with E-state index in [1.54, 1.807) is 0 Å². The van der Waals surface area contributed by atoms with Crippen LogP contribution in [0.5, 0.6) is 0 Å². The summed E-state index contributed by atoms with van der Waals surface area (Å²) in [4.78, 5) is 13.3. The molecule has 0 aromatic rings. The van der Waals surface area contributed by atoms with Gasteiger partial charge in [0.1, 0.15) is 0 Å². The Labute approximate surface area is 85.3 Å². The SMILES string of the molecule is CN1CCC(CCNC(=O)CCO)C1. The Morgan fingerprint density at radius 2 is 2.43 bits per heavy atom. The van der Waals surface area contributed by atoms with Crippen molar-refractivity contribution in [2.75, 3.05) is 33.3 Å². The maximum atomic E-state index is 11.0.